The molecule has 2 nitrogen and oxygen atoms in total. The quantitative estimate of drug-likeness (QED) is 0.820. The first-order valence-electron chi connectivity index (χ1n) is 7.39. The van der Waals surface area contributed by atoms with Crippen LogP contribution in [0.2, 0.25) is 5.02 Å². The largest absolute Gasteiger partial charge is 0.329 e. The van der Waals surface area contributed by atoms with Crippen molar-refractivity contribution in [2.75, 3.05) is 13.1 Å². The topological polar surface area (TPSA) is 29.3 Å². The van der Waals surface area contributed by atoms with Crippen LogP contribution in [0.3, 0.4) is 0 Å². The summed E-state index contributed by atoms with van der Waals surface area (Å²) in [6.07, 6.45) is 5.14. The second-order valence-electron chi connectivity index (χ2n) is 5.57. The lowest BCUT2D eigenvalue weighted by Gasteiger charge is -2.32. The molecule has 1 aliphatic rings. The summed E-state index contributed by atoms with van der Waals surface area (Å²) < 4.78 is 0. The summed E-state index contributed by atoms with van der Waals surface area (Å²) in [4.78, 5) is 2.61. The number of aryl methyl sites for hydroxylation is 1. The molecule has 0 radical (unpaired) electrons. The molecule has 1 saturated carbocycles. The van der Waals surface area contributed by atoms with E-state index in [0.29, 0.717) is 12.6 Å². The lowest BCUT2D eigenvalue weighted by molar-refractivity contribution is 0.187. The average molecular weight is 281 g/mol. The Morgan fingerprint density at radius 1 is 1.42 bits per heavy atom. The summed E-state index contributed by atoms with van der Waals surface area (Å²) in [5.41, 5.74) is 8.67. The maximum atomic E-state index is 6.08. The van der Waals surface area contributed by atoms with Crippen molar-refractivity contribution >= 4 is 11.6 Å². The van der Waals surface area contributed by atoms with Crippen LogP contribution in [0.25, 0.3) is 0 Å². The van der Waals surface area contributed by atoms with Gasteiger partial charge in [0.25, 0.3) is 0 Å². The van der Waals surface area contributed by atoms with E-state index < -0.39 is 0 Å². The average Bonchev–Trinajstić information content (AvgIpc) is 3.20. The molecule has 0 bridgehead atoms. The van der Waals surface area contributed by atoms with Crippen LogP contribution < -0.4 is 5.73 Å². The molecule has 0 aromatic heterocycles. The van der Waals surface area contributed by atoms with E-state index in [1.807, 2.05) is 12.1 Å². The van der Waals surface area contributed by atoms with Gasteiger partial charge < -0.3 is 5.73 Å². The van der Waals surface area contributed by atoms with E-state index in [9.17, 15) is 0 Å². The van der Waals surface area contributed by atoms with Crippen molar-refractivity contribution in [2.24, 2.45) is 5.73 Å². The number of hydrogen-bond acceptors (Lipinski definition) is 2. The maximum absolute atomic E-state index is 6.08. The highest BCUT2D eigenvalue weighted by molar-refractivity contribution is 6.30. The molecule has 3 heteroatoms. The zero-order valence-corrected chi connectivity index (χ0v) is 12.8. The van der Waals surface area contributed by atoms with Crippen molar-refractivity contribution < 1.29 is 0 Å². The molecule has 0 amide bonds. The first kappa shape index (κ1) is 14.8. The molecule has 1 aliphatic carbocycles. The normalized spacial score (nSPS) is 16.9. The lowest BCUT2D eigenvalue weighted by Crippen LogP contribution is -2.36. The monoisotopic (exact) mass is 280 g/mol. The molecule has 2 rings (SSSR count). The van der Waals surface area contributed by atoms with Crippen LogP contribution in [0.5, 0.6) is 0 Å². The Bertz CT molecular complexity index is 415. The third-order valence-electron chi connectivity index (χ3n) is 4.00. The summed E-state index contributed by atoms with van der Waals surface area (Å²) in [6.45, 7) is 6.22. The summed E-state index contributed by atoms with van der Waals surface area (Å²) >= 11 is 6.06. The fourth-order valence-electron chi connectivity index (χ4n) is 2.79. The molecule has 106 valence electrons. The van der Waals surface area contributed by atoms with Crippen molar-refractivity contribution in [3.05, 3.63) is 34.3 Å². The van der Waals surface area contributed by atoms with Crippen molar-refractivity contribution in [3.8, 4) is 0 Å². The third-order valence-corrected chi connectivity index (χ3v) is 4.24. The maximum Gasteiger partial charge on any atom is 0.0476 e. The molecule has 0 spiro atoms. The Morgan fingerprint density at radius 3 is 2.68 bits per heavy atom. The predicted molar refractivity (Wildman–Crippen MR) is 82.6 cm³/mol. The lowest BCUT2D eigenvalue weighted by atomic mass is 9.99. The number of halogens is 1. The molecule has 2 N–H and O–H groups in total. The fourth-order valence-corrected chi connectivity index (χ4v) is 3.02. The highest BCUT2D eigenvalue weighted by atomic mass is 35.5. The minimum atomic E-state index is 0.344. The molecule has 19 heavy (non-hydrogen) atoms. The van der Waals surface area contributed by atoms with Gasteiger partial charge in [-0.3, -0.25) is 4.90 Å². The van der Waals surface area contributed by atoms with Crippen molar-refractivity contribution in [3.63, 3.8) is 0 Å². The van der Waals surface area contributed by atoms with E-state index in [0.717, 1.165) is 17.6 Å². The van der Waals surface area contributed by atoms with Crippen molar-refractivity contribution in [2.45, 2.75) is 51.6 Å². The summed E-state index contributed by atoms with van der Waals surface area (Å²) in [5.74, 6) is 0. The SMILES string of the molecule is CCCCN(C1CC1)C(CN)c1ccc(Cl)cc1C. The van der Waals surface area contributed by atoms with Crippen LogP contribution in [0.15, 0.2) is 18.2 Å². The van der Waals surface area contributed by atoms with Gasteiger partial charge in [-0.2, -0.15) is 0 Å². The Morgan fingerprint density at radius 2 is 2.16 bits per heavy atom. The van der Waals surface area contributed by atoms with Gasteiger partial charge in [0.2, 0.25) is 0 Å². The van der Waals surface area contributed by atoms with Crippen LogP contribution in [0.1, 0.15) is 49.8 Å². The second kappa shape index (κ2) is 6.74. The third kappa shape index (κ3) is 3.71. The molecule has 0 saturated heterocycles. The number of unbranched alkanes of at least 4 members (excludes halogenated alkanes) is 1. The Hall–Kier alpha value is -0.570. The smallest absolute Gasteiger partial charge is 0.0476 e. The van der Waals surface area contributed by atoms with E-state index >= 15 is 0 Å². The fraction of sp³-hybridized carbons (Fsp3) is 0.625. The van der Waals surface area contributed by atoms with Gasteiger partial charge in [0.05, 0.1) is 0 Å². The van der Waals surface area contributed by atoms with Crippen LogP contribution >= 0.6 is 11.6 Å². The summed E-state index contributed by atoms with van der Waals surface area (Å²) in [5, 5.41) is 0.809. The standard InChI is InChI=1S/C16H25ClN2/c1-3-4-9-19(14-6-7-14)16(11-18)15-8-5-13(17)10-12(15)2/h5,8,10,14,16H,3-4,6-7,9,11,18H2,1-2H3. The zero-order chi connectivity index (χ0) is 13.8. The van der Waals surface area contributed by atoms with Crippen LogP contribution in [-0.2, 0) is 0 Å². The van der Waals surface area contributed by atoms with Crippen LogP contribution in [0, 0.1) is 6.92 Å². The van der Waals surface area contributed by atoms with Gasteiger partial charge in [-0.25, -0.2) is 0 Å². The number of nitrogens with zero attached hydrogens (tertiary/aromatic N) is 1. The van der Waals surface area contributed by atoms with Gasteiger partial charge in [-0.1, -0.05) is 31.0 Å². The van der Waals surface area contributed by atoms with Gasteiger partial charge in [-0.15, -0.1) is 0 Å². The molecule has 1 aromatic rings. The van der Waals surface area contributed by atoms with E-state index in [-0.39, 0.29) is 0 Å². The van der Waals surface area contributed by atoms with Gasteiger partial charge in [0, 0.05) is 23.7 Å². The molecule has 0 heterocycles. The van der Waals surface area contributed by atoms with Gasteiger partial charge >= 0.3 is 0 Å². The molecule has 1 unspecified atom stereocenters. The molecular weight excluding hydrogens is 256 g/mol. The van der Waals surface area contributed by atoms with Crippen molar-refractivity contribution in [1.29, 1.82) is 0 Å². The van der Waals surface area contributed by atoms with Gasteiger partial charge in [-0.05, 0) is 56.0 Å². The highest BCUT2D eigenvalue weighted by Crippen LogP contribution is 2.35. The number of nitrogens with two attached hydrogens (primary N) is 1. The van der Waals surface area contributed by atoms with Crippen LogP contribution in [0.4, 0.5) is 0 Å². The first-order valence-corrected chi connectivity index (χ1v) is 7.77. The minimum Gasteiger partial charge on any atom is -0.329 e. The van der Waals surface area contributed by atoms with E-state index in [2.05, 4.69) is 24.8 Å². The highest BCUT2D eigenvalue weighted by Gasteiger charge is 2.33. The predicted octanol–water partition coefficient (Wildman–Crippen LogP) is 3.91. The molecule has 1 atom stereocenters. The Balaban J connectivity index is 2.20. The summed E-state index contributed by atoms with van der Waals surface area (Å²) in [6, 6.07) is 7.27. The van der Waals surface area contributed by atoms with E-state index in [1.165, 1.54) is 36.8 Å². The number of rotatable bonds is 7. The van der Waals surface area contributed by atoms with Crippen LogP contribution in [-0.4, -0.2) is 24.0 Å². The molecule has 1 fully saturated rings. The molecule has 1 aromatic carbocycles. The Labute approximate surface area is 121 Å². The zero-order valence-electron chi connectivity index (χ0n) is 12.0. The van der Waals surface area contributed by atoms with Gasteiger partial charge in [0.15, 0.2) is 0 Å². The Kier molecular flexibility index (Phi) is 5.26. The minimum absolute atomic E-state index is 0.344. The number of benzene rings is 1. The van der Waals surface area contributed by atoms with E-state index in [1.54, 1.807) is 0 Å². The van der Waals surface area contributed by atoms with Gasteiger partial charge in [0.1, 0.15) is 0 Å². The second-order valence-corrected chi connectivity index (χ2v) is 6.01. The molecular formula is C16H25ClN2. The van der Waals surface area contributed by atoms with E-state index in [4.69, 9.17) is 17.3 Å². The van der Waals surface area contributed by atoms with Crippen molar-refractivity contribution in [1.82, 2.24) is 4.90 Å². The number of hydrogen-bond donors (Lipinski definition) is 1. The summed E-state index contributed by atoms with van der Waals surface area (Å²) in [7, 11) is 0. The molecule has 0 aliphatic heterocycles. The first-order chi connectivity index (χ1) is 9.17.